The Morgan fingerprint density at radius 3 is 2.47 bits per heavy atom. The van der Waals surface area contributed by atoms with Crippen molar-refractivity contribution in [3.05, 3.63) is 58.0 Å². The maximum atomic E-state index is 6.22. The van der Waals surface area contributed by atoms with Crippen molar-refractivity contribution in [1.29, 1.82) is 0 Å². The lowest BCUT2D eigenvalue weighted by atomic mass is 10.0. The molecular formula is C13H13Cl2NO. The van der Waals surface area contributed by atoms with Gasteiger partial charge in [-0.2, -0.15) is 0 Å². The second-order valence-corrected chi connectivity index (χ2v) is 4.50. The average Bonchev–Trinajstić information content (AvgIpc) is 2.80. The molecule has 0 aliphatic heterocycles. The van der Waals surface area contributed by atoms with Crippen molar-refractivity contribution in [2.24, 2.45) is 0 Å². The summed E-state index contributed by atoms with van der Waals surface area (Å²) < 4.78 is 5.12. The molecule has 0 saturated carbocycles. The standard InChI is InChI=1S/C13H13Cl2NO/c1-2-16-13(9-6-7-17-8-9)12-10(14)4-3-5-11(12)15/h3-8,13,16H,2H2,1H3. The topological polar surface area (TPSA) is 25.2 Å². The average molecular weight is 270 g/mol. The number of hydrogen-bond donors (Lipinski definition) is 1. The fraction of sp³-hybridized carbons (Fsp3) is 0.231. The molecule has 0 amide bonds. The summed E-state index contributed by atoms with van der Waals surface area (Å²) in [5, 5.41) is 4.67. The lowest BCUT2D eigenvalue weighted by Gasteiger charge is -2.19. The van der Waals surface area contributed by atoms with Crippen LogP contribution in [0.3, 0.4) is 0 Å². The zero-order chi connectivity index (χ0) is 12.3. The van der Waals surface area contributed by atoms with Gasteiger partial charge in [-0.3, -0.25) is 0 Å². The molecule has 0 radical (unpaired) electrons. The van der Waals surface area contributed by atoms with Crippen LogP contribution in [0.2, 0.25) is 10.0 Å². The van der Waals surface area contributed by atoms with Crippen LogP contribution in [0.4, 0.5) is 0 Å². The maximum Gasteiger partial charge on any atom is 0.0953 e. The number of furan rings is 1. The van der Waals surface area contributed by atoms with Crippen molar-refractivity contribution < 1.29 is 4.42 Å². The zero-order valence-electron chi connectivity index (χ0n) is 9.41. The third kappa shape index (κ3) is 2.65. The second-order valence-electron chi connectivity index (χ2n) is 3.68. The van der Waals surface area contributed by atoms with Gasteiger partial charge in [0.15, 0.2) is 0 Å². The Morgan fingerprint density at radius 2 is 1.94 bits per heavy atom. The van der Waals surface area contributed by atoms with Gasteiger partial charge in [0.25, 0.3) is 0 Å². The molecule has 2 nitrogen and oxygen atoms in total. The lowest BCUT2D eigenvalue weighted by molar-refractivity contribution is 0.553. The summed E-state index contributed by atoms with van der Waals surface area (Å²) in [6, 6.07) is 7.39. The van der Waals surface area contributed by atoms with Gasteiger partial charge in [-0.15, -0.1) is 0 Å². The van der Waals surface area contributed by atoms with Crippen molar-refractivity contribution in [3.63, 3.8) is 0 Å². The molecule has 1 aromatic carbocycles. The van der Waals surface area contributed by atoms with Crippen LogP contribution in [-0.4, -0.2) is 6.54 Å². The van der Waals surface area contributed by atoms with Gasteiger partial charge in [-0.1, -0.05) is 36.2 Å². The Morgan fingerprint density at radius 1 is 1.24 bits per heavy atom. The maximum absolute atomic E-state index is 6.22. The Hall–Kier alpha value is -0.960. The van der Waals surface area contributed by atoms with Crippen LogP contribution in [0.25, 0.3) is 0 Å². The highest BCUT2D eigenvalue weighted by Crippen LogP contribution is 2.34. The molecule has 0 bridgehead atoms. The fourth-order valence-electron chi connectivity index (χ4n) is 1.82. The first-order chi connectivity index (χ1) is 8.24. The summed E-state index contributed by atoms with van der Waals surface area (Å²) in [7, 11) is 0. The molecule has 0 aliphatic carbocycles. The van der Waals surface area contributed by atoms with Crippen molar-refractivity contribution in [2.45, 2.75) is 13.0 Å². The van der Waals surface area contributed by atoms with Crippen molar-refractivity contribution in [3.8, 4) is 0 Å². The fourth-order valence-corrected chi connectivity index (χ4v) is 2.43. The van der Waals surface area contributed by atoms with Gasteiger partial charge in [0.05, 0.1) is 18.6 Å². The number of nitrogens with one attached hydrogen (secondary N) is 1. The normalized spacial score (nSPS) is 12.6. The summed E-state index contributed by atoms with van der Waals surface area (Å²) in [5.41, 5.74) is 1.90. The lowest BCUT2D eigenvalue weighted by Crippen LogP contribution is -2.22. The van der Waals surface area contributed by atoms with Crippen LogP contribution >= 0.6 is 23.2 Å². The molecular weight excluding hydrogens is 257 g/mol. The van der Waals surface area contributed by atoms with E-state index in [4.69, 9.17) is 27.6 Å². The molecule has 0 saturated heterocycles. The van der Waals surface area contributed by atoms with Crippen LogP contribution in [0.1, 0.15) is 24.1 Å². The van der Waals surface area contributed by atoms with Crippen LogP contribution in [-0.2, 0) is 0 Å². The smallest absolute Gasteiger partial charge is 0.0953 e. The molecule has 17 heavy (non-hydrogen) atoms. The van der Waals surface area contributed by atoms with E-state index in [1.54, 1.807) is 12.5 Å². The molecule has 1 N–H and O–H groups in total. The molecule has 4 heteroatoms. The van der Waals surface area contributed by atoms with E-state index >= 15 is 0 Å². The predicted octanol–water partition coefficient (Wildman–Crippen LogP) is 4.29. The van der Waals surface area contributed by atoms with Crippen LogP contribution in [0.15, 0.2) is 41.2 Å². The molecule has 2 aromatic rings. The first-order valence-corrected chi connectivity index (χ1v) is 6.19. The number of halogens is 2. The molecule has 0 spiro atoms. The molecule has 1 unspecified atom stereocenters. The second kappa shape index (κ2) is 5.58. The van der Waals surface area contributed by atoms with Gasteiger partial charge in [0.2, 0.25) is 0 Å². The minimum Gasteiger partial charge on any atom is -0.472 e. The summed E-state index contributed by atoms with van der Waals surface area (Å²) >= 11 is 12.4. The Kier molecular flexibility index (Phi) is 4.11. The van der Waals surface area contributed by atoms with Crippen molar-refractivity contribution in [2.75, 3.05) is 6.54 Å². The number of hydrogen-bond acceptors (Lipinski definition) is 2. The quantitative estimate of drug-likeness (QED) is 0.896. The van der Waals surface area contributed by atoms with Gasteiger partial charge < -0.3 is 9.73 Å². The summed E-state index contributed by atoms with van der Waals surface area (Å²) in [6.45, 7) is 2.86. The van der Waals surface area contributed by atoms with Gasteiger partial charge in [0, 0.05) is 21.2 Å². The molecule has 2 rings (SSSR count). The first kappa shape index (κ1) is 12.5. The third-order valence-corrected chi connectivity index (χ3v) is 3.23. The zero-order valence-corrected chi connectivity index (χ0v) is 10.9. The minimum atomic E-state index is -0.0417. The SMILES string of the molecule is CCNC(c1ccoc1)c1c(Cl)cccc1Cl. The van der Waals surface area contributed by atoms with E-state index in [-0.39, 0.29) is 6.04 Å². The highest BCUT2D eigenvalue weighted by molar-refractivity contribution is 6.36. The molecule has 1 aromatic heterocycles. The van der Waals surface area contributed by atoms with E-state index < -0.39 is 0 Å². The summed E-state index contributed by atoms with van der Waals surface area (Å²) in [5.74, 6) is 0. The van der Waals surface area contributed by atoms with Gasteiger partial charge >= 0.3 is 0 Å². The monoisotopic (exact) mass is 269 g/mol. The van der Waals surface area contributed by atoms with Crippen LogP contribution in [0.5, 0.6) is 0 Å². The van der Waals surface area contributed by atoms with E-state index in [0.717, 1.165) is 17.7 Å². The van der Waals surface area contributed by atoms with Gasteiger partial charge in [-0.05, 0) is 24.7 Å². The Labute approximate surface area is 111 Å². The third-order valence-electron chi connectivity index (χ3n) is 2.57. The molecule has 1 heterocycles. The highest BCUT2D eigenvalue weighted by Gasteiger charge is 2.19. The summed E-state index contributed by atoms with van der Waals surface area (Å²) in [4.78, 5) is 0. The van der Waals surface area contributed by atoms with Crippen molar-refractivity contribution in [1.82, 2.24) is 5.32 Å². The van der Waals surface area contributed by atoms with Crippen LogP contribution < -0.4 is 5.32 Å². The van der Waals surface area contributed by atoms with E-state index in [2.05, 4.69) is 5.32 Å². The van der Waals surface area contributed by atoms with E-state index in [9.17, 15) is 0 Å². The van der Waals surface area contributed by atoms with Crippen molar-refractivity contribution >= 4 is 23.2 Å². The van der Waals surface area contributed by atoms with Gasteiger partial charge in [-0.25, -0.2) is 0 Å². The number of benzene rings is 1. The minimum absolute atomic E-state index is 0.0417. The molecule has 1 atom stereocenters. The van der Waals surface area contributed by atoms with E-state index in [1.165, 1.54) is 0 Å². The largest absolute Gasteiger partial charge is 0.472 e. The Bertz CT molecular complexity index is 462. The highest BCUT2D eigenvalue weighted by atomic mass is 35.5. The predicted molar refractivity (Wildman–Crippen MR) is 70.7 cm³/mol. The summed E-state index contributed by atoms with van der Waals surface area (Å²) in [6.07, 6.45) is 3.34. The van der Waals surface area contributed by atoms with E-state index in [1.807, 2.05) is 31.2 Å². The first-order valence-electron chi connectivity index (χ1n) is 5.43. The molecule has 0 aliphatic rings. The number of rotatable bonds is 4. The van der Waals surface area contributed by atoms with Crippen LogP contribution in [0, 0.1) is 0 Å². The van der Waals surface area contributed by atoms with E-state index in [0.29, 0.717) is 10.0 Å². The molecule has 0 fully saturated rings. The Balaban J connectivity index is 2.46. The molecule has 90 valence electrons. The van der Waals surface area contributed by atoms with Gasteiger partial charge in [0.1, 0.15) is 0 Å².